The van der Waals surface area contributed by atoms with Crippen molar-refractivity contribution >= 4 is 29.5 Å². The Morgan fingerprint density at radius 3 is 2.20 bits per heavy atom. The van der Waals surface area contributed by atoms with Gasteiger partial charge in [-0.2, -0.15) is 0 Å². The first-order valence-electron chi connectivity index (χ1n) is 10.6. The second-order valence-corrected chi connectivity index (χ2v) is 8.03. The number of carbonyl (C=O) groups is 2. The average molecular weight is 493 g/mol. The molecule has 0 aliphatic heterocycles. The number of carbonyl (C=O) groups excluding carboxylic acids is 1. The number of amides is 1. The smallest absolute Gasteiger partial charge is 0.449 e. The number of aryl methyl sites for hydroxylation is 1. The number of rotatable bonds is 6. The molecule has 8 nitrogen and oxygen atoms in total. The molecule has 1 heterocycles. The number of carboxylic acid groups (broad SMARTS) is 1. The van der Waals surface area contributed by atoms with E-state index < -0.39 is 18.4 Å². The number of nitrogens with zero attached hydrogens (tertiary/aromatic N) is 1. The Hall–Kier alpha value is -4.30. The van der Waals surface area contributed by atoms with Gasteiger partial charge in [-0.05, 0) is 43.2 Å². The van der Waals surface area contributed by atoms with Crippen LogP contribution in [0, 0.1) is 6.92 Å². The van der Waals surface area contributed by atoms with Crippen LogP contribution in [-0.2, 0) is 4.74 Å². The van der Waals surface area contributed by atoms with Gasteiger partial charge < -0.3 is 19.1 Å². The number of ether oxygens (including phenoxy) is 2. The van der Waals surface area contributed by atoms with Crippen molar-refractivity contribution in [3.8, 4) is 28.1 Å². The highest BCUT2D eigenvalue weighted by Crippen LogP contribution is 2.33. The number of hydrogen-bond donors (Lipinski definition) is 2. The first-order chi connectivity index (χ1) is 16.8. The number of benzene rings is 3. The van der Waals surface area contributed by atoms with Gasteiger partial charge in [0.25, 0.3) is 0 Å². The molecule has 9 heteroatoms. The van der Waals surface area contributed by atoms with Crippen LogP contribution in [0.15, 0.2) is 77.3 Å². The second kappa shape index (κ2) is 10.3. The maximum atomic E-state index is 12.6. The summed E-state index contributed by atoms with van der Waals surface area (Å²) in [6, 6.07) is 21.3. The molecular formula is C26H21ClN2O6. The molecule has 0 bridgehead atoms. The van der Waals surface area contributed by atoms with Crippen LogP contribution in [-0.4, -0.2) is 22.5 Å². The molecule has 1 atom stereocenters. The van der Waals surface area contributed by atoms with Crippen molar-refractivity contribution in [3.63, 3.8) is 0 Å². The number of hydrogen-bond acceptors (Lipinski definition) is 6. The van der Waals surface area contributed by atoms with Crippen LogP contribution >= 0.6 is 11.6 Å². The molecule has 4 rings (SSSR count). The highest BCUT2D eigenvalue weighted by Gasteiger charge is 2.20. The van der Waals surface area contributed by atoms with Crippen molar-refractivity contribution in [1.82, 2.24) is 5.16 Å². The first kappa shape index (κ1) is 23.8. The fourth-order valence-electron chi connectivity index (χ4n) is 3.51. The standard InChI is InChI=1S/C26H21ClN2O6/c1-15(21-5-3-4-6-22(21)27)33-25(30)28-23-16(2)35-29-24(23)19-9-7-17(8-10-19)18-11-13-20(14-12-18)34-26(31)32/h3-15H,1-2H3,(H,28,30)(H,31,32). The van der Waals surface area contributed by atoms with Gasteiger partial charge >= 0.3 is 12.2 Å². The van der Waals surface area contributed by atoms with E-state index in [2.05, 4.69) is 15.2 Å². The van der Waals surface area contributed by atoms with Crippen molar-refractivity contribution in [2.45, 2.75) is 20.0 Å². The first-order valence-corrected chi connectivity index (χ1v) is 11.0. The van der Waals surface area contributed by atoms with Gasteiger partial charge in [0.05, 0.1) is 0 Å². The molecule has 1 unspecified atom stereocenters. The topological polar surface area (TPSA) is 111 Å². The lowest BCUT2D eigenvalue weighted by Crippen LogP contribution is -2.17. The lowest BCUT2D eigenvalue weighted by atomic mass is 10.0. The molecule has 2 N–H and O–H groups in total. The lowest BCUT2D eigenvalue weighted by molar-refractivity contribution is 0.121. The van der Waals surface area contributed by atoms with Crippen LogP contribution in [0.25, 0.3) is 22.4 Å². The molecular weight excluding hydrogens is 472 g/mol. The number of anilines is 1. The van der Waals surface area contributed by atoms with E-state index in [1.54, 1.807) is 56.3 Å². The van der Waals surface area contributed by atoms with Gasteiger partial charge in [-0.1, -0.05) is 71.4 Å². The molecule has 178 valence electrons. The minimum Gasteiger partial charge on any atom is -0.449 e. The summed E-state index contributed by atoms with van der Waals surface area (Å²) in [6.07, 6.45) is -2.58. The molecule has 3 aromatic carbocycles. The van der Waals surface area contributed by atoms with E-state index in [1.807, 2.05) is 30.3 Å². The quantitative estimate of drug-likeness (QED) is 0.214. The van der Waals surface area contributed by atoms with Crippen molar-refractivity contribution < 1.29 is 28.7 Å². The molecule has 35 heavy (non-hydrogen) atoms. The van der Waals surface area contributed by atoms with Crippen molar-refractivity contribution in [1.29, 1.82) is 0 Å². The van der Waals surface area contributed by atoms with Crippen LogP contribution in [0.4, 0.5) is 15.3 Å². The van der Waals surface area contributed by atoms with E-state index in [4.69, 9.17) is 26.0 Å². The van der Waals surface area contributed by atoms with Gasteiger partial charge in [0.2, 0.25) is 0 Å². The molecule has 0 saturated heterocycles. The zero-order valence-corrected chi connectivity index (χ0v) is 19.6. The van der Waals surface area contributed by atoms with Crippen molar-refractivity contribution in [3.05, 3.63) is 89.1 Å². The number of aromatic nitrogens is 1. The Bertz CT molecular complexity index is 1350. The van der Waals surface area contributed by atoms with Gasteiger partial charge in [0.1, 0.15) is 23.2 Å². The third-order valence-electron chi connectivity index (χ3n) is 5.27. The zero-order valence-electron chi connectivity index (χ0n) is 18.8. The molecule has 0 spiro atoms. The molecule has 4 aromatic rings. The van der Waals surface area contributed by atoms with Gasteiger partial charge in [0, 0.05) is 16.1 Å². The van der Waals surface area contributed by atoms with E-state index in [0.717, 1.165) is 16.7 Å². The maximum Gasteiger partial charge on any atom is 0.511 e. The molecule has 0 fully saturated rings. The fourth-order valence-corrected chi connectivity index (χ4v) is 3.80. The Morgan fingerprint density at radius 2 is 1.57 bits per heavy atom. The Morgan fingerprint density at radius 1 is 0.971 bits per heavy atom. The van der Waals surface area contributed by atoms with Crippen molar-refractivity contribution in [2.75, 3.05) is 5.32 Å². The number of halogens is 1. The van der Waals surface area contributed by atoms with E-state index in [-0.39, 0.29) is 5.75 Å². The van der Waals surface area contributed by atoms with Gasteiger partial charge in [-0.25, -0.2) is 9.59 Å². The minimum atomic E-state index is -1.36. The summed E-state index contributed by atoms with van der Waals surface area (Å²) >= 11 is 6.19. The largest absolute Gasteiger partial charge is 0.511 e. The minimum absolute atomic E-state index is 0.238. The molecule has 0 radical (unpaired) electrons. The summed E-state index contributed by atoms with van der Waals surface area (Å²) in [6.45, 7) is 3.43. The van der Waals surface area contributed by atoms with Crippen LogP contribution in [0.2, 0.25) is 5.02 Å². The third-order valence-corrected chi connectivity index (χ3v) is 5.61. The fraction of sp³-hybridized carbons (Fsp3) is 0.115. The predicted molar refractivity (Wildman–Crippen MR) is 131 cm³/mol. The van der Waals surface area contributed by atoms with E-state index in [1.165, 1.54) is 0 Å². The van der Waals surface area contributed by atoms with E-state index in [0.29, 0.717) is 27.7 Å². The van der Waals surface area contributed by atoms with Gasteiger partial charge in [0.15, 0.2) is 5.76 Å². The van der Waals surface area contributed by atoms with Crippen LogP contribution in [0.5, 0.6) is 5.75 Å². The van der Waals surface area contributed by atoms with Gasteiger partial charge in [-0.3, -0.25) is 5.32 Å². The van der Waals surface area contributed by atoms with E-state index in [9.17, 15) is 9.59 Å². The normalized spacial score (nSPS) is 11.5. The molecule has 0 saturated carbocycles. The Kier molecular flexibility index (Phi) is 7.03. The van der Waals surface area contributed by atoms with Crippen LogP contribution in [0.1, 0.15) is 24.4 Å². The maximum absolute atomic E-state index is 12.6. The predicted octanol–water partition coefficient (Wildman–Crippen LogP) is 7.34. The average Bonchev–Trinajstić information content (AvgIpc) is 3.19. The Labute approximate surface area is 206 Å². The van der Waals surface area contributed by atoms with Gasteiger partial charge in [-0.15, -0.1) is 0 Å². The van der Waals surface area contributed by atoms with E-state index >= 15 is 0 Å². The summed E-state index contributed by atoms with van der Waals surface area (Å²) in [5, 5.41) is 16.0. The van der Waals surface area contributed by atoms with Crippen molar-refractivity contribution in [2.24, 2.45) is 0 Å². The monoisotopic (exact) mass is 492 g/mol. The zero-order chi connectivity index (χ0) is 24.9. The highest BCUT2D eigenvalue weighted by atomic mass is 35.5. The van der Waals surface area contributed by atoms with Crippen LogP contribution < -0.4 is 10.1 Å². The lowest BCUT2D eigenvalue weighted by Gasteiger charge is -2.15. The summed E-state index contributed by atoms with van der Waals surface area (Å²) in [4.78, 5) is 23.2. The molecule has 0 aliphatic rings. The number of nitrogens with one attached hydrogen (secondary N) is 1. The third kappa shape index (κ3) is 5.62. The second-order valence-electron chi connectivity index (χ2n) is 7.63. The summed E-state index contributed by atoms with van der Waals surface area (Å²) < 4.78 is 15.4. The highest BCUT2D eigenvalue weighted by molar-refractivity contribution is 6.31. The summed E-state index contributed by atoms with van der Waals surface area (Å²) in [5.41, 5.74) is 4.07. The molecule has 1 amide bonds. The molecule has 1 aromatic heterocycles. The summed E-state index contributed by atoms with van der Waals surface area (Å²) in [5.74, 6) is 0.669. The van der Waals surface area contributed by atoms with Crippen LogP contribution in [0.3, 0.4) is 0 Å². The Balaban J connectivity index is 1.48. The molecule has 0 aliphatic carbocycles. The SMILES string of the molecule is Cc1onc(-c2ccc(-c3ccc(OC(=O)O)cc3)cc2)c1NC(=O)OC(C)c1ccccc1Cl. The summed E-state index contributed by atoms with van der Waals surface area (Å²) in [7, 11) is 0.